The highest BCUT2D eigenvalue weighted by molar-refractivity contribution is 7.14. The number of amides is 2. The van der Waals surface area contributed by atoms with Crippen molar-refractivity contribution in [2.75, 3.05) is 16.8 Å². The van der Waals surface area contributed by atoms with Crippen molar-refractivity contribution in [3.05, 3.63) is 137 Å². The highest BCUT2D eigenvalue weighted by atomic mass is 32.1. The first kappa shape index (κ1) is 24.7. The van der Waals surface area contributed by atoms with Crippen LogP contribution >= 0.6 is 11.3 Å². The van der Waals surface area contributed by atoms with Crippen molar-refractivity contribution in [3.8, 4) is 11.3 Å². The Kier molecular flexibility index (Phi) is 6.73. The number of rotatable bonds is 6. The number of hydrogen-bond acceptors (Lipinski definition) is 4. The van der Waals surface area contributed by atoms with E-state index in [2.05, 4.69) is 5.32 Å². The number of halogens is 1. The van der Waals surface area contributed by atoms with E-state index in [1.165, 1.54) is 35.6 Å². The standard InChI is InChI=1S/C32H24FN3O2S/c33-26-14-11-23(12-15-26)31(38)36-18-17-25-19-24(13-16-28(25)36)27-20-39-32(34-27)35-30(37)29(21-7-3-1-4-8-21)22-9-5-2-6-10-22/h1-16,19-20,29H,17-18H2,(H,34,35,37). The molecule has 4 aromatic carbocycles. The first-order valence-electron chi connectivity index (χ1n) is 12.6. The molecule has 0 unspecified atom stereocenters. The van der Waals surface area contributed by atoms with E-state index in [1.807, 2.05) is 84.2 Å². The van der Waals surface area contributed by atoms with E-state index in [0.29, 0.717) is 17.2 Å². The number of thiazole rings is 1. The van der Waals surface area contributed by atoms with E-state index >= 15 is 0 Å². The molecule has 0 aliphatic carbocycles. The van der Waals surface area contributed by atoms with Crippen LogP contribution in [0.5, 0.6) is 0 Å². The van der Waals surface area contributed by atoms with Crippen molar-refractivity contribution in [1.29, 1.82) is 0 Å². The highest BCUT2D eigenvalue weighted by Gasteiger charge is 2.27. The molecule has 1 aliphatic rings. The SMILES string of the molecule is O=C(Nc1nc(-c2ccc3c(c2)CCN3C(=O)c2ccc(F)cc2)cs1)C(c1ccccc1)c1ccccc1. The van der Waals surface area contributed by atoms with Gasteiger partial charge in [0, 0.05) is 28.7 Å². The molecule has 1 aliphatic heterocycles. The molecule has 0 bridgehead atoms. The van der Waals surface area contributed by atoms with Crippen molar-refractivity contribution in [1.82, 2.24) is 4.98 Å². The Labute approximate surface area is 229 Å². The minimum absolute atomic E-state index is 0.141. The van der Waals surface area contributed by atoms with Crippen LogP contribution in [0, 0.1) is 5.82 Å². The van der Waals surface area contributed by atoms with Gasteiger partial charge in [-0.05, 0) is 59.5 Å². The number of benzene rings is 4. The average molecular weight is 534 g/mol. The van der Waals surface area contributed by atoms with Crippen molar-refractivity contribution in [2.45, 2.75) is 12.3 Å². The lowest BCUT2D eigenvalue weighted by Gasteiger charge is -2.17. The van der Waals surface area contributed by atoms with Crippen LogP contribution in [-0.4, -0.2) is 23.3 Å². The van der Waals surface area contributed by atoms with Gasteiger partial charge in [-0.2, -0.15) is 0 Å². The molecule has 0 saturated heterocycles. The van der Waals surface area contributed by atoms with Gasteiger partial charge in [0.15, 0.2) is 5.13 Å². The maximum absolute atomic E-state index is 13.4. The fourth-order valence-electron chi connectivity index (χ4n) is 4.95. The number of nitrogens with one attached hydrogen (secondary N) is 1. The zero-order valence-corrected chi connectivity index (χ0v) is 21.7. The molecule has 5 aromatic rings. The number of carbonyl (C=O) groups excluding carboxylic acids is 2. The molecule has 0 saturated carbocycles. The van der Waals surface area contributed by atoms with Crippen molar-refractivity contribution < 1.29 is 14.0 Å². The summed E-state index contributed by atoms with van der Waals surface area (Å²) in [6.45, 7) is 0.563. The number of hydrogen-bond donors (Lipinski definition) is 1. The third-order valence-electron chi connectivity index (χ3n) is 6.87. The minimum Gasteiger partial charge on any atom is -0.308 e. The summed E-state index contributed by atoms with van der Waals surface area (Å²) in [5.41, 5.74) is 5.87. The van der Waals surface area contributed by atoms with Crippen LogP contribution in [0.1, 0.15) is 33.0 Å². The van der Waals surface area contributed by atoms with Gasteiger partial charge in [-0.15, -0.1) is 11.3 Å². The van der Waals surface area contributed by atoms with E-state index in [4.69, 9.17) is 4.98 Å². The van der Waals surface area contributed by atoms with Gasteiger partial charge in [0.2, 0.25) is 5.91 Å². The third-order valence-corrected chi connectivity index (χ3v) is 7.63. The highest BCUT2D eigenvalue weighted by Crippen LogP contribution is 2.35. The summed E-state index contributed by atoms with van der Waals surface area (Å²) in [6, 6.07) is 31.0. The molecule has 5 nitrogen and oxygen atoms in total. The molecule has 0 radical (unpaired) electrons. The van der Waals surface area contributed by atoms with Crippen molar-refractivity contribution >= 4 is 34.0 Å². The molecule has 2 amide bonds. The summed E-state index contributed by atoms with van der Waals surface area (Å²) < 4.78 is 13.3. The Morgan fingerprint density at radius 2 is 1.54 bits per heavy atom. The van der Waals surface area contributed by atoms with Gasteiger partial charge in [-0.1, -0.05) is 66.7 Å². The molecule has 0 spiro atoms. The first-order chi connectivity index (χ1) is 19.1. The Balaban J connectivity index is 1.21. The normalized spacial score (nSPS) is 12.4. The molecular weight excluding hydrogens is 509 g/mol. The second-order valence-electron chi connectivity index (χ2n) is 9.34. The van der Waals surface area contributed by atoms with Crippen molar-refractivity contribution in [2.24, 2.45) is 0 Å². The maximum Gasteiger partial charge on any atom is 0.258 e. The predicted molar refractivity (Wildman–Crippen MR) is 153 cm³/mol. The average Bonchev–Trinajstić information content (AvgIpc) is 3.61. The monoisotopic (exact) mass is 533 g/mol. The second kappa shape index (κ2) is 10.6. The molecule has 39 heavy (non-hydrogen) atoms. The van der Waals surface area contributed by atoms with E-state index in [-0.39, 0.29) is 17.6 Å². The van der Waals surface area contributed by atoms with Crippen LogP contribution in [0.2, 0.25) is 0 Å². The second-order valence-corrected chi connectivity index (χ2v) is 10.2. The lowest BCUT2D eigenvalue weighted by molar-refractivity contribution is -0.116. The van der Waals surface area contributed by atoms with Gasteiger partial charge in [0.05, 0.1) is 11.6 Å². The molecule has 7 heteroatoms. The van der Waals surface area contributed by atoms with Gasteiger partial charge in [0.1, 0.15) is 5.82 Å². The Hall–Kier alpha value is -4.62. The summed E-state index contributed by atoms with van der Waals surface area (Å²) in [6.07, 6.45) is 0.722. The quantitative estimate of drug-likeness (QED) is 0.258. The van der Waals surface area contributed by atoms with Gasteiger partial charge in [-0.3, -0.25) is 9.59 Å². The van der Waals surface area contributed by atoms with E-state index in [1.54, 1.807) is 4.90 Å². The number of carbonyl (C=O) groups is 2. The fraction of sp³-hybridized carbons (Fsp3) is 0.0938. The number of nitrogens with zero attached hydrogens (tertiary/aromatic N) is 2. The molecule has 192 valence electrons. The Bertz CT molecular complexity index is 1600. The maximum atomic E-state index is 13.4. The zero-order chi connectivity index (χ0) is 26.8. The van der Waals surface area contributed by atoms with E-state index < -0.39 is 5.92 Å². The van der Waals surface area contributed by atoms with Crippen LogP contribution < -0.4 is 10.2 Å². The van der Waals surface area contributed by atoms with Crippen LogP contribution in [0.15, 0.2) is 109 Å². The van der Waals surface area contributed by atoms with Crippen molar-refractivity contribution in [3.63, 3.8) is 0 Å². The van der Waals surface area contributed by atoms with Gasteiger partial charge >= 0.3 is 0 Å². The van der Waals surface area contributed by atoms with Crippen LogP contribution in [0.3, 0.4) is 0 Å². The van der Waals surface area contributed by atoms with E-state index in [9.17, 15) is 14.0 Å². The van der Waals surface area contributed by atoms with Gasteiger partial charge < -0.3 is 10.2 Å². The summed E-state index contributed by atoms with van der Waals surface area (Å²) in [5, 5.41) is 5.47. The largest absolute Gasteiger partial charge is 0.308 e. The number of aromatic nitrogens is 1. The zero-order valence-electron chi connectivity index (χ0n) is 20.9. The molecule has 0 fully saturated rings. The van der Waals surface area contributed by atoms with Gasteiger partial charge in [0.25, 0.3) is 5.91 Å². The topological polar surface area (TPSA) is 62.3 Å². The molecular formula is C32H24FN3O2S. The summed E-state index contributed by atoms with van der Waals surface area (Å²) >= 11 is 1.38. The molecule has 1 N–H and O–H groups in total. The third kappa shape index (κ3) is 5.09. The lowest BCUT2D eigenvalue weighted by atomic mass is 9.90. The first-order valence-corrected chi connectivity index (χ1v) is 13.5. The summed E-state index contributed by atoms with van der Waals surface area (Å²) in [4.78, 5) is 32.9. The van der Waals surface area contributed by atoms with Crippen LogP contribution in [0.4, 0.5) is 15.2 Å². The Morgan fingerprint density at radius 3 is 2.21 bits per heavy atom. The number of fused-ring (bicyclic) bond motifs is 1. The molecule has 2 heterocycles. The molecule has 1 aromatic heterocycles. The smallest absolute Gasteiger partial charge is 0.258 e. The fourth-order valence-corrected chi connectivity index (χ4v) is 5.67. The number of anilines is 2. The molecule has 6 rings (SSSR count). The summed E-state index contributed by atoms with van der Waals surface area (Å²) in [5.74, 6) is -1.11. The molecule has 0 atom stereocenters. The van der Waals surface area contributed by atoms with Crippen LogP contribution in [0.25, 0.3) is 11.3 Å². The van der Waals surface area contributed by atoms with Gasteiger partial charge in [-0.25, -0.2) is 9.37 Å². The Morgan fingerprint density at radius 1 is 0.872 bits per heavy atom. The summed E-state index contributed by atoms with van der Waals surface area (Å²) in [7, 11) is 0. The minimum atomic E-state index is -0.454. The predicted octanol–water partition coefficient (Wildman–Crippen LogP) is 6.92. The lowest BCUT2D eigenvalue weighted by Crippen LogP contribution is -2.28. The van der Waals surface area contributed by atoms with Crippen LogP contribution in [-0.2, 0) is 11.2 Å². The van der Waals surface area contributed by atoms with E-state index in [0.717, 1.165) is 40.1 Å².